The molecule has 0 atom stereocenters. The zero-order chi connectivity index (χ0) is 16.4. The van der Waals surface area contributed by atoms with Crippen LogP contribution in [0.5, 0.6) is 0 Å². The first-order valence-electron chi connectivity index (χ1n) is 8.97. The van der Waals surface area contributed by atoms with Crippen molar-refractivity contribution >= 4 is 11.6 Å². The van der Waals surface area contributed by atoms with Gasteiger partial charge in [0, 0.05) is 0 Å². The third-order valence-corrected chi connectivity index (χ3v) is 6.44. The fourth-order valence-electron chi connectivity index (χ4n) is 4.62. The first-order chi connectivity index (χ1) is 11.1. The van der Waals surface area contributed by atoms with Crippen molar-refractivity contribution in [2.45, 2.75) is 64.2 Å². The molecule has 1 aromatic carbocycles. The number of hydrogen-bond donors (Lipinski definition) is 0. The standard InChI is InChI=1S/C20H25ClFN/c1-13-2-4-14(5-3-13)15-6-8-16(9-7-15)17-10-19(21)18(12-23)20(22)11-17/h10-11,13-16H,2-9H2,1H3/t13-,14-,15?,16?. The molecular formula is C20H25ClFN. The molecule has 3 rings (SSSR count). The van der Waals surface area contributed by atoms with Crippen molar-refractivity contribution in [2.24, 2.45) is 17.8 Å². The van der Waals surface area contributed by atoms with Crippen molar-refractivity contribution in [3.05, 3.63) is 34.1 Å². The van der Waals surface area contributed by atoms with Crippen LogP contribution in [-0.2, 0) is 0 Å². The first-order valence-corrected chi connectivity index (χ1v) is 9.35. The molecule has 2 saturated carbocycles. The van der Waals surface area contributed by atoms with Crippen LogP contribution < -0.4 is 0 Å². The molecule has 2 aliphatic rings. The smallest absolute Gasteiger partial charge is 0.142 e. The zero-order valence-electron chi connectivity index (χ0n) is 13.8. The summed E-state index contributed by atoms with van der Waals surface area (Å²) in [6.07, 6.45) is 10.3. The van der Waals surface area contributed by atoms with Crippen LogP contribution in [0.2, 0.25) is 5.02 Å². The molecule has 0 spiro atoms. The van der Waals surface area contributed by atoms with Crippen LogP contribution in [0, 0.1) is 34.9 Å². The van der Waals surface area contributed by atoms with Gasteiger partial charge in [-0.15, -0.1) is 0 Å². The highest BCUT2D eigenvalue weighted by Gasteiger charge is 2.30. The molecule has 0 saturated heterocycles. The summed E-state index contributed by atoms with van der Waals surface area (Å²) in [5, 5.41) is 9.18. The highest BCUT2D eigenvalue weighted by Crippen LogP contribution is 2.44. The zero-order valence-corrected chi connectivity index (χ0v) is 14.6. The Balaban J connectivity index is 1.62. The van der Waals surface area contributed by atoms with E-state index in [0.29, 0.717) is 5.92 Å². The predicted molar refractivity (Wildman–Crippen MR) is 91.9 cm³/mol. The largest absolute Gasteiger partial charge is 0.205 e. The quantitative estimate of drug-likeness (QED) is 0.610. The van der Waals surface area contributed by atoms with Crippen molar-refractivity contribution in [3.8, 4) is 6.07 Å². The molecule has 0 unspecified atom stereocenters. The fourth-order valence-corrected chi connectivity index (χ4v) is 4.87. The van der Waals surface area contributed by atoms with Gasteiger partial charge in [0.2, 0.25) is 0 Å². The number of benzene rings is 1. The Labute approximate surface area is 143 Å². The van der Waals surface area contributed by atoms with E-state index in [9.17, 15) is 4.39 Å². The number of rotatable bonds is 2. The topological polar surface area (TPSA) is 23.8 Å². The summed E-state index contributed by atoms with van der Waals surface area (Å²) in [7, 11) is 0. The van der Waals surface area contributed by atoms with Gasteiger partial charge >= 0.3 is 0 Å². The molecule has 0 radical (unpaired) electrons. The van der Waals surface area contributed by atoms with Gasteiger partial charge in [0.25, 0.3) is 0 Å². The Morgan fingerprint density at radius 2 is 1.57 bits per heavy atom. The SMILES string of the molecule is C[C@H]1CC[C@H](C2CCC(c3cc(F)c(C#N)c(Cl)c3)CC2)CC1. The molecule has 0 bridgehead atoms. The second kappa shape index (κ2) is 7.22. The third kappa shape index (κ3) is 3.72. The molecule has 0 N–H and O–H groups in total. The molecule has 3 heteroatoms. The minimum atomic E-state index is -0.474. The fraction of sp³-hybridized carbons (Fsp3) is 0.650. The van der Waals surface area contributed by atoms with E-state index in [0.717, 1.165) is 36.2 Å². The number of halogens is 2. The highest BCUT2D eigenvalue weighted by molar-refractivity contribution is 6.31. The Kier molecular flexibility index (Phi) is 5.27. The maximum absolute atomic E-state index is 14.0. The minimum Gasteiger partial charge on any atom is -0.205 e. The molecule has 0 amide bonds. The van der Waals surface area contributed by atoms with Crippen molar-refractivity contribution in [1.29, 1.82) is 5.26 Å². The van der Waals surface area contributed by atoms with E-state index in [1.54, 1.807) is 6.07 Å². The van der Waals surface area contributed by atoms with Crippen LogP contribution in [0.3, 0.4) is 0 Å². The molecule has 0 aliphatic heterocycles. The maximum Gasteiger partial charge on any atom is 0.142 e. The van der Waals surface area contributed by atoms with E-state index >= 15 is 0 Å². The highest BCUT2D eigenvalue weighted by atomic mass is 35.5. The summed E-state index contributed by atoms with van der Waals surface area (Å²) in [6, 6.07) is 5.17. The summed E-state index contributed by atoms with van der Waals surface area (Å²) in [5.41, 5.74) is 0.947. The molecular weight excluding hydrogens is 309 g/mol. The van der Waals surface area contributed by atoms with E-state index in [2.05, 4.69) is 6.92 Å². The Morgan fingerprint density at radius 3 is 2.09 bits per heavy atom. The van der Waals surface area contributed by atoms with Crippen molar-refractivity contribution in [1.82, 2.24) is 0 Å². The van der Waals surface area contributed by atoms with Crippen molar-refractivity contribution < 1.29 is 4.39 Å². The summed E-state index contributed by atoms with van der Waals surface area (Å²) >= 11 is 6.06. The lowest BCUT2D eigenvalue weighted by molar-refractivity contribution is 0.165. The monoisotopic (exact) mass is 333 g/mol. The van der Waals surface area contributed by atoms with E-state index in [1.807, 2.05) is 6.07 Å². The van der Waals surface area contributed by atoms with Gasteiger partial charge in [0.05, 0.1) is 5.02 Å². The average molecular weight is 334 g/mol. The van der Waals surface area contributed by atoms with Gasteiger partial charge in [0.1, 0.15) is 17.4 Å². The first kappa shape index (κ1) is 16.8. The number of nitriles is 1. The number of nitrogens with zero attached hydrogens (tertiary/aromatic N) is 1. The van der Waals surface area contributed by atoms with E-state index < -0.39 is 5.82 Å². The Bertz CT molecular complexity index is 567. The van der Waals surface area contributed by atoms with Gasteiger partial charge in [-0.2, -0.15) is 5.26 Å². The van der Waals surface area contributed by atoms with Gasteiger partial charge in [-0.25, -0.2) is 4.39 Å². The molecule has 2 fully saturated rings. The molecule has 1 nitrogen and oxygen atoms in total. The summed E-state index contributed by atoms with van der Waals surface area (Å²) in [5.74, 6) is 2.60. The van der Waals surface area contributed by atoms with Crippen molar-refractivity contribution in [2.75, 3.05) is 0 Å². The average Bonchev–Trinajstić information content (AvgIpc) is 2.55. The lowest BCUT2D eigenvalue weighted by Crippen LogP contribution is -2.24. The summed E-state index contributed by atoms with van der Waals surface area (Å²) in [4.78, 5) is 0. The minimum absolute atomic E-state index is 0.0274. The predicted octanol–water partition coefficient (Wildman–Crippen LogP) is 6.45. The molecule has 124 valence electrons. The van der Waals surface area contributed by atoms with Crippen LogP contribution in [0.1, 0.15) is 75.3 Å². The van der Waals surface area contributed by atoms with Gasteiger partial charge < -0.3 is 0 Å². The van der Waals surface area contributed by atoms with E-state index in [-0.39, 0.29) is 10.6 Å². The van der Waals surface area contributed by atoms with Gasteiger partial charge in [-0.1, -0.05) is 31.4 Å². The second-order valence-electron chi connectivity index (χ2n) is 7.60. The van der Waals surface area contributed by atoms with Gasteiger partial charge in [0.15, 0.2) is 0 Å². The van der Waals surface area contributed by atoms with E-state index in [1.165, 1.54) is 44.6 Å². The van der Waals surface area contributed by atoms with Gasteiger partial charge in [-0.05, 0) is 79.9 Å². The van der Waals surface area contributed by atoms with Crippen LogP contribution in [0.15, 0.2) is 12.1 Å². The van der Waals surface area contributed by atoms with Gasteiger partial charge in [-0.3, -0.25) is 0 Å². The van der Waals surface area contributed by atoms with E-state index in [4.69, 9.17) is 16.9 Å². The summed E-state index contributed by atoms with van der Waals surface area (Å²) < 4.78 is 14.0. The third-order valence-electron chi connectivity index (χ3n) is 6.15. The normalized spacial score (nSPS) is 31.6. The Morgan fingerprint density at radius 1 is 1.00 bits per heavy atom. The second-order valence-corrected chi connectivity index (χ2v) is 8.01. The maximum atomic E-state index is 14.0. The van der Waals surface area contributed by atoms with Crippen LogP contribution in [-0.4, -0.2) is 0 Å². The van der Waals surface area contributed by atoms with Crippen molar-refractivity contribution in [3.63, 3.8) is 0 Å². The Hall–Kier alpha value is -1.07. The lowest BCUT2D eigenvalue weighted by Gasteiger charge is -2.37. The molecule has 0 heterocycles. The van der Waals surface area contributed by atoms with Crippen LogP contribution in [0.25, 0.3) is 0 Å². The number of hydrogen-bond acceptors (Lipinski definition) is 1. The molecule has 23 heavy (non-hydrogen) atoms. The lowest BCUT2D eigenvalue weighted by atomic mass is 9.68. The summed E-state index contributed by atoms with van der Waals surface area (Å²) in [6.45, 7) is 2.37. The van der Waals surface area contributed by atoms with Crippen LogP contribution >= 0.6 is 11.6 Å². The van der Waals surface area contributed by atoms with Crippen LogP contribution in [0.4, 0.5) is 4.39 Å². The molecule has 2 aliphatic carbocycles. The molecule has 1 aromatic rings. The molecule has 0 aromatic heterocycles.